The average Bonchev–Trinajstić information content (AvgIpc) is 3.06. The zero-order valence-electron chi connectivity index (χ0n) is 18.2. The number of ether oxygens (including phenoxy) is 1. The second-order valence-corrected chi connectivity index (χ2v) is 7.91. The van der Waals surface area contributed by atoms with Crippen LogP contribution in [-0.2, 0) is 9.53 Å². The molecule has 2 aromatic carbocycles. The number of nitrogens with one attached hydrogen (secondary N) is 2. The molecule has 1 heterocycles. The molecule has 3 aromatic rings. The molecule has 1 amide bonds. The molecule has 1 aromatic heterocycles. The third-order valence-corrected chi connectivity index (χ3v) is 5.20. The number of aryl methyl sites for hydroxylation is 1. The number of halogens is 2. The predicted octanol–water partition coefficient (Wildman–Crippen LogP) is 4.32. The number of benzene rings is 2. The van der Waals surface area contributed by atoms with Gasteiger partial charge in [0, 0.05) is 22.2 Å². The van der Waals surface area contributed by atoms with E-state index in [0.29, 0.717) is 16.6 Å². The summed E-state index contributed by atoms with van der Waals surface area (Å²) in [6.07, 6.45) is -1.14. The first-order valence-corrected chi connectivity index (χ1v) is 10.2. The fourth-order valence-corrected chi connectivity index (χ4v) is 3.52. The van der Waals surface area contributed by atoms with Gasteiger partial charge >= 0.3 is 5.97 Å². The van der Waals surface area contributed by atoms with Gasteiger partial charge < -0.3 is 15.0 Å². The Morgan fingerprint density at radius 3 is 2.19 bits per heavy atom. The van der Waals surface area contributed by atoms with Crippen LogP contribution in [0.3, 0.4) is 0 Å². The van der Waals surface area contributed by atoms with E-state index in [0.717, 1.165) is 23.7 Å². The van der Waals surface area contributed by atoms with Crippen molar-refractivity contribution < 1.29 is 27.9 Å². The summed E-state index contributed by atoms with van der Waals surface area (Å²) in [4.78, 5) is 41.3. The number of aromatic nitrogens is 1. The zero-order chi connectivity index (χ0) is 23.6. The van der Waals surface area contributed by atoms with Crippen molar-refractivity contribution in [2.75, 3.05) is 0 Å². The van der Waals surface area contributed by atoms with E-state index in [4.69, 9.17) is 4.74 Å². The molecular formula is C24H24F2N2O4. The van der Waals surface area contributed by atoms with E-state index in [1.54, 1.807) is 32.9 Å². The van der Waals surface area contributed by atoms with Crippen LogP contribution in [-0.4, -0.2) is 34.8 Å². The normalized spacial score (nSPS) is 13.1. The van der Waals surface area contributed by atoms with Crippen LogP contribution in [0.5, 0.6) is 0 Å². The van der Waals surface area contributed by atoms with E-state index in [1.807, 2.05) is 12.1 Å². The third kappa shape index (κ3) is 4.54. The summed E-state index contributed by atoms with van der Waals surface area (Å²) in [5.41, 5.74) is 1.05. The number of Topliss-reactive ketones (excluding diaryl/α,β-unsaturated/α-hetero) is 1. The molecule has 0 aliphatic rings. The van der Waals surface area contributed by atoms with Gasteiger partial charge in [0.2, 0.25) is 5.78 Å². The molecule has 168 valence electrons. The molecule has 3 rings (SSSR count). The van der Waals surface area contributed by atoms with Crippen LogP contribution >= 0.6 is 0 Å². The van der Waals surface area contributed by atoms with Crippen LogP contribution < -0.4 is 5.32 Å². The Bertz CT molecular complexity index is 1170. The van der Waals surface area contributed by atoms with Gasteiger partial charge in [0.15, 0.2) is 6.10 Å². The molecule has 0 radical (unpaired) electrons. The van der Waals surface area contributed by atoms with Crippen molar-refractivity contribution in [2.24, 2.45) is 5.92 Å². The topological polar surface area (TPSA) is 88.3 Å². The quantitative estimate of drug-likeness (QED) is 0.421. The van der Waals surface area contributed by atoms with E-state index < -0.39 is 52.9 Å². The average molecular weight is 442 g/mol. The Labute approximate surface area is 184 Å². The molecule has 32 heavy (non-hydrogen) atoms. The second kappa shape index (κ2) is 9.30. The highest BCUT2D eigenvalue weighted by atomic mass is 19.1. The molecule has 0 spiro atoms. The first kappa shape index (κ1) is 23.1. The molecule has 0 aliphatic heterocycles. The van der Waals surface area contributed by atoms with E-state index in [9.17, 15) is 23.2 Å². The molecule has 0 aliphatic carbocycles. The highest BCUT2D eigenvalue weighted by molar-refractivity contribution is 6.11. The first-order chi connectivity index (χ1) is 15.1. The highest BCUT2D eigenvalue weighted by Crippen LogP contribution is 2.24. The van der Waals surface area contributed by atoms with E-state index >= 15 is 0 Å². The first-order valence-electron chi connectivity index (χ1n) is 10.2. The van der Waals surface area contributed by atoms with Gasteiger partial charge in [0.05, 0.1) is 0 Å². The molecule has 0 bridgehead atoms. The van der Waals surface area contributed by atoms with Crippen LogP contribution in [0.2, 0.25) is 0 Å². The summed E-state index contributed by atoms with van der Waals surface area (Å²) in [5, 5.41) is 3.03. The van der Waals surface area contributed by atoms with Crippen LogP contribution in [0.15, 0.2) is 42.5 Å². The number of aromatic amines is 1. The Balaban J connectivity index is 1.77. The fourth-order valence-electron chi connectivity index (χ4n) is 3.52. The number of para-hydroxylation sites is 1. The van der Waals surface area contributed by atoms with Crippen LogP contribution in [0, 0.1) is 24.5 Å². The van der Waals surface area contributed by atoms with Gasteiger partial charge in [-0.2, -0.15) is 0 Å². The maximum atomic E-state index is 13.9. The van der Waals surface area contributed by atoms with Gasteiger partial charge in [-0.05, 0) is 38.0 Å². The third-order valence-electron chi connectivity index (χ3n) is 5.20. The van der Waals surface area contributed by atoms with Crippen molar-refractivity contribution in [3.05, 3.63) is 70.9 Å². The van der Waals surface area contributed by atoms with Crippen molar-refractivity contribution in [1.29, 1.82) is 0 Å². The van der Waals surface area contributed by atoms with Crippen molar-refractivity contribution in [3.63, 3.8) is 0 Å². The van der Waals surface area contributed by atoms with Gasteiger partial charge in [-0.25, -0.2) is 13.6 Å². The number of amides is 1. The van der Waals surface area contributed by atoms with E-state index in [2.05, 4.69) is 10.3 Å². The molecule has 8 heteroatoms. The monoisotopic (exact) mass is 442 g/mol. The van der Waals surface area contributed by atoms with Gasteiger partial charge in [-0.1, -0.05) is 38.1 Å². The maximum absolute atomic E-state index is 13.9. The van der Waals surface area contributed by atoms with Crippen LogP contribution in [0.25, 0.3) is 10.9 Å². The molecule has 2 N–H and O–H groups in total. The van der Waals surface area contributed by atoms with Gasteiger partial charge in [0.1, 0.15) is 23.2 Å². The summed E-state index contributed by atoms with van der Waals surface area (Å²) < 4.78 is 33.2. The number of carbonyl (C=O) groups excluding carboxylic acids is 3. The fraction of sp³-hybridized carbons (Fsp3) is 0.292. The zero-order valence-corrected chi connectivity index (χ0v) is 18.2. The summed E-state index contributed by atoms with van der Waals surface area (Å²) >= 11 is 0. The summed E-state index contributed by atoms with van der Waals surface area (Å²) in [5.74, 6) is -4.90. The largest absolute Gasteiger partial charge is 0.453 e. The number of fused-ring (bicyclic) bond motifs is 1. The molecule has 0 unspecified atom stereocenters. The standard InChI is InChI=1S/C24H24F2N2O4/c1-12(2)21(28-23(30)20-16(25)9-7-10-17(20)26)24(31)32-14(4)22(29)19-13(3)27-18-11-6-5-8-15(18)19/h5-12,14,21,27H,1-4H3,(H,28,30)/t14-,21+/m1/s1. The minimum Gasteiger partial charge on any atom is -0.453 e. The number of carbonyl (C=O) groups is 3. The number of esters is 1. The lowest BCUT2D eigenvalue weighted by molar-refractivity contribution is -0.149. The molecule has 2 atom stereocenters. The Hall–Kier alpha value is -3.55. The van der Waals surface area contributed by atoms with Crippen molar-refractivity contribution in [2.45, 2.75) is 39.8 Å². The van der Waals surface area contributed by atoms with Crippen molar-refractivity contribution in [3.8, 4) is 0 Å². The minimum atomic E-state index is -1.21. The lowest BCUT2D eigenvalue weighted by atomic mass is 10.0. The highest BCUT2D eigenvalue weighted by Gasteiger charge is 2.32. The van der Waals surface area contributed by atoms with Gasteiger partial charge in [-0.3, -0.25) is 9.59 Å². The van der Waals surface area contributed by atoms with E-state index in [-0.39, 0.29) is 0 Å². The number of H-pyrrole nitrogens is 1. The van der Waals surface area contributed by atoms with Gasteiger partial charge in [-0.15, -0.1) is 0 Å². The summed E-state index contributed by atoms with van der Waals surface area (Å²) in [7, 11) is 0. The Morgan fingerprint density at radius 1 is 0.938 bits per heavy atom. The Kier molecular flexibility index (Phi) is 6.72. The van der Waals surface area contributed by atoms with Crippen molar-refractivity contribution in [1.82, 2.24) is 10.3 Å². The minimum absolute atomic E-state index is 0.401. The SMILES string of the molecule is Cc1[nH]c2ccccc2c1C(=O)[C@@H](C)OC(=O)[C@@H](NC(=O)c1c(F)cccc1F)C(C)C. The van der Waals surface area contributed by atoms with Crippen molar-refractivity contribution >= 4 is 28.6 Å². The molecule has 0 fully saturated rings. The number of ketones is 1. The molecule has 0 saturated carbocycles. The van der Waals surface area contributed by atoms with E-state index in [1.165, 1.54) is 6.92 Å². The summed E-state index contributed by atoms with van der Waals surface area (Å²) in [6.45, 7) is 6.47. The lowest BCUT2D eigenvalue weighted by Gasteiger charge is -2.23. The molecular weight excluding hydrogens is 418 g/mol. The number of hydrogen-bond donors (Lipinski definition) is 2. The predicted molar refractivity (Wildman–Crippen MR) is 115 cm³/mol. The maximum Gasteiger partial charge on any atom is 0.329 e. The van der Waals surface area contributed by atoms with Crippen LogP contribution in [0.1, 0.15) is 47.2 Å². The number of hydrogen-bond acceptors (Lipinski definition) is 4. The number of rotatable bonds is 7. The molecule has 6 nitrogen and oxygen atoms in total. The summed E-state index contributed by atoms with van der Waals surface area (Å²) in [6, 6.07) is 9.09. The smallest absolute Gasteiger partial charge is 0.329 e. The molecule has 0 saturated heterocycles. The van der Waals surface area contributed by atoms with Crippen LogP contribution in [0.4, 0.5) is 8.78 Å². The van der Waals surface area contributed by atoms with Gasteiger partial charge in [0.25, 0.3) is 5.91 Å². The Morgan fingerprint density at radius 2 is 1.56 bits per heavy atom. The lowest BCUT2D eigenvalue weighted by Crippen LogP contribution is -2.47. The second-order valence-electron chi connectivity index (χ2n) is 7.91.